The third kappa shape index (κ3) is 2.94. The number of nitrogens with one attached hydrogen (secondary N) is 2. The van der Waals surface area contributed by atoms with Crippen LogP contribution in [0.25, 0.3) is 0 Å². The molecule has 0 aromatic rings. The molecule has 0 aromatic heterocycles. The van der Waals surface area contributed by atoms with Crippen molar-refractivity contribution in [3.63, 3.8) is 0 Å². The molecule has 0 saturated carbocycles. The molecule has 0 aliphatic carbocycles. The van der Waals surface area contributed by atoms with Crippen LogP contribution in [0.15, 0.2) is 0 Å². The van der Waals surface area contributed by atoms with Crippen LogP contribution in [0.5, 0.6) is 0 Å². The van der Waals surface area contributed by atoms with Crippen molar-refractivity contribution in [1.29, 1.82) is 0 Å². The second-order valence-electron chi connectivity index (χ2n) is 4.26. The van der Waals surface area contributed by atoms with Crippen LogP contribution in [0.3, 0.4) is 0 Å². The van der Waals surface area contributed by atoms with Gasteiger partial charge in [-0.15, -0.1) is 0 Å². The highest BCUT2D eigenvalue weighted by Gasteiger charge is 2.61. The zero-order valence-electron chi connectivity index (χ0n) is 9.80. The average molecular weight is 288 g/mol. The lowest BCUT2D eigenvalue weighted by molar-refractivity contribution is -0.215. The molecule has 5 nitrogen and oxygen atoms in total. The molecule has 0 bridgehead atoms. The van der Waals surface area contributed by atoms with Crippen LogP contribution in [-0.4, -0.2) is 39.3 Å². The minimum Gasteiger partial charge on any atom is -0.315 e. The number of sulfonamides is 1. The summed E-state index contributed by atoms with van der Waals surface area (Å²) in [6, 6.07) is 0. The number of carbonyl (C=O) groups is 1. The van der Waals surface area contributed by atoms with E-state index in [1.54, 1.807) is 6.92 Å². The summed E-state index contributed by atoms with van der Waals surface area (Å²) < 4.78 is 63.0. The van der Waals surface area contributed by atoms with E-state index in [0.717, 1.165) is 0 Å². The van der Waals surface area contributed by atoms with Crippen molar-refractivity contribution in [3.8, 4) is 0 Å². The number of halogens is 3. The lowest BCUT2D eigenvalue weighted by atomic mass is 9.85. The fraction of sp³-hybridized carbons (Fsp3) is 0.889. The van der Waals surface area contributed by atoms with Crippen molar-refractivity contribution in [2.75, 3.05) is 18.8 Å². The number of hydrogen-bond donors (Lipinski definition) is 2. The highest BCUT2D eigenvalue weighted by Crippen LogP contribution is 2.43. The highest BCUT2D eigenvalue weighted by molar-refractivity contribution is 7.90. The average Bonchev–Trinajstić information content (AvgIpc) is 2.64. The Labute approximate surface area is 103 Å². The summed E-state index contributed by atoms with van der Waals surface area (Å²) in [5.41, 5.74) is -2.65. The number of carbonyl (C=O) groups excluding carboxylic acids is 1. The van der Waals surface area contributed by atoms with Crippen molar-refractivity contribution >= 4 is 15.9 Å². The predicted octanol–water partition coefficient (Wildman–Crippen LogP) is 0.384. The van der Waals surface area contributed by atoms with E-state index in [2.05, 4.69) is 5.32 Å². The summed E-state index contributed by atoms with van der Waals surface area (Å²) in [5, 5.41) is 2.44. The van der Waals surface area contributed by atoms with Gasteiger partial charge in [-0.05, 0) is 19.4 Å². The van der Waals surface area contributed by atoms with Crippen molar-refractivity contribution in [2.45, 2.75) is 25.9 Å². The molecule has 1 heterocycles. The van der Waals surface area contributed by atoms with Crippen molar-refractivity contribution in [3.05, 3.63) is 0 Å². The monoisotopic (exact) mass is 288 g/mol. The van der Waals surface area contributed by atoms with Gasteiger partial charge < -0.3 is 5.32 Å². The summed E-state index contributed by atoms with van der Waals surface area (Å²) in [6.07, 6.45) is -5.01. The molecule has 1 amide bonds. The maximum Gasteiger partial charge on any atom is 0.404 e. The van der Waals surface area contributed by atoms with Gasteiger partial charge in [-0.2, -0.15) is 13.2 Å². The van der Waals surface area contributed by atoms with Crippen LogP contribution in [0, 0.1) is 5.41 Å². The Balaban J connectivity index is 2.93. The third-order valence-electron chi connectivity index (χ3n) is 2.85. The molecule has 0 aromatic carbocycles. The fourth-order valence-corrected chi connectivity index (χ4v) is 2.93. The predicted molar refractivity (Wildman–Crippen MR) is 58.2 cm³/mol. The van der Waals surface area contributed by atoms with E-state index in [0.29, 0.717) is 0 Å². The van der Waals surface area contributed by atoms with E-state index >= 15 is 0 Å². The molecule has 1 aliphatic rings. The molecule has 1 atom stereocenters. The Morgan fingerprint density at radius 1 is 1.44 bits per heavy atom. The molecule has 18 heavy (non-hydrogen) atoms. The highest BCUT2D eigenvalue weighted by atomic mass is 32.2. The van der Waals surface area contributed by atoms with E-state index in [9.17, 15) is 26.4 Å². The number of hydrogen-bond acceptors (Lipinski definition) is 4. The second kappa shape index (κ2) is 5.04. The van der Waals surface area contributed by atoms with Gasteiger partial charge in [-0.1, -0.05) is 6.92 Å². The molecule has 1 unspecified atom stereocenters. The number of alkyl halides is 3. The number of rotatable bonds is 4. The van der Waals surface area contributed by atoms with E-state index in [1.165, 1.54) is 4.72 Å². The van der Waals surface area contributed by atoms with Crippen LogP contribution in [-0.2, 0) is 14.8 Å². The molecule has 1 aliphatic heterocycles. The SMILES string of the molecule is CCCS(=O)(=O)NC(=O)C1(C(F)(F)F)CCNC1. The number of amides is 1. The summed E-state index contributed by atoms with van der Waals surface area (Å²) in [5.74, 6) is -1.87. The van der Waals surface area contributed by atoms with Crippen molar-refractivity contribution in [2.24, 2.45) is 5.41 Å². The lowest BCUT2D eigenvalue weighted by Crippen LogP contribution is -2.53. The van der Waals surface area contributed by atoms with Crippen LogP contribution in [0.2, 0.25) is 0 Å². The Bertz CT molecular complexity index is 413. The van der Waals surface area contributed by atoms with E-state index in [1.807, 2.05) is 0 Å². The molecule has 0 spiro atoms. The molecule has 1 saturated heterocycles. The standard InChI is InChI=1S/C9H15F3N2O3S/c1-2-5-18(16,17)14-7(15)8(9(10,11)12)3-4-13-6-8/h13H,2-6H2,1H3,(H,14,15). The minimum absolute atomic E-state index is 0.0285. The largest absolute Gasteiger partial charge is 0.404 e. The minimum atomic E-state index is -4.78. The molecular formula is C9H15F3N2O3S. The molecule has 2 N–H and O–H groups in total. The van der Waals surface area contributed by atoms with Gasteiger partial charge in [0.25, 0.3) is 0 Å². The Hall–Kier alpha value is -0.830. The molecule has 0 radical (unpaired) electrons. The maximum absolute atomic E-state index is 12.9. The van der Waals surface area contributed by atoms with E-state index < -0.39 is 40.5 Å². The van der Waals surface area contributed by atoms with Gasteiger partial charge in [0.05, 0.1) is 5.75 Å². The van der Waals surface area contributed by atoms with Crippen molar-refractivity contribution in [1.82, 2.24) is 10.0 Å². The summed E-state index contributed by atoms with van der Waals surface area (Å²) in [7, 11) is -3.99. The Morgan fingerprint density at radius 3 is 2.44 bits per heavy atom. The van der Waals surface area contributed by atoms with E-state index in [4.69, 9.17) is 0 Å². The first-order valence-electron chi connectivity index (χ1n) is 5.47. The first-order valence-corrected chi connectivity index (χ1v) is 7.12. The summed E-state index contributed by atoms with van der Waals surface area (Å²) in [4.78, 5) is 11.7. The van der Waals surface area contributed by atoms with Gasteiger partial charge in [0, 0.05) is 6.54 Å². The summed E-state index contributed by atoms with van der Waals surface area (Å²) in [6.45, 7) is 0.991. The van der Waals surface area contributed by atoms with Crippen molar-refractivity contribution < 1.29 is 26.4 Å². The third-order valence-corrected chi connectivity index (χ3v) is 4.30. The fourth-order valence-electron chi connectivity index (χ4n) is 1.82. The van der Waals surface area contributed by atoms with Crippen LogP contribution in [0.1, 0.15) is 19.8 Å². The van der Waals surface area contributed by atoms with Gasteiger partial charge in [0.15, 0.2) is 5.41 Å². The zero-order valence-corrected chi connectivity index (χ0v) is 10.6. The summed E-state index contributed by atoms with van der Waals surface area (Å²) >= 11 is 0. The van der Waals surface area contributed by atoms with Gasteiger partial charge in [0.2, 0.25) is 15.9 Å². The quantitative estimate of drug-likeness (QED) is 0.784. The smallest absolute Gasteiger partial charge is 0.315 e. The van der Waals surface area contributed by atoms with Crippen LogP contribution in [0.4, 0.5) is 13.2 Å². The first kappa shape index (κ1) is 15.2. The normalized spacial score (nSPS) is 25.1. The Morgan fingerprint density at radius 2 is 2.06 bits per heavy atom. The van der Waals surface area contributed by atoms with Gasteiger partial charge in [-0.25, -0.2) is 8.42 Å². The topological polar surface area (TPSA) is 75.3 Å². The Kier molecular flexibility index (Phi) is 4.26. The first-order chi connectivity index (χ1) is 8.15. The van der Waals surface area contributed by atoms with Gasteiger partial charge >= 0.3 is 6.18 Å². The van der Waals surface area contributed by atoms with Gasteiger partial charge in [0.1, 0.15) is 0 Å². The molecule has 106 valence electrons. The van der Waals surface area contributed by atoms with Crippen LogP contribution < -0.4 is 10.0 Å². The molecule has 1 rings (SSSR count). The lowest BCUT2D eigenvalue weighted by Gasteiger charge is -2.29. The van der Waals surface area contributed by atoms with Crippen LogP contribution >= 0.6 is 0 Å². The second-order valence-corrected chi connectivity index (χ2v) is 6.10. The molecular weight excluding hydrogens is 273 g/mol. The zero-order chi connectivity index (χ0) is 14.0. The maximum atomic E-state index is 12.9. The van der Waals surface area contributed by atoms with E-state index in [-0.39, 0.29) is 18.7 Å². The van der Waals surface area contributed by atoms with Gasteiger partial charge in [-0.3, -0.25) is 9.52 Å². The molecule has 1 fully saturated rings. The molecule has 9 heteroatoms.